The Bertz CT molecular complexity index is 809. The van der Waals surface area contributed by atoms with E-state index in [0.29, 0.717) is 25.3 Å². The molecule has 24 heavy (non-hydrogen) atoms. The highest BCUT2D eigenvalue weighted by Crippen LogP contribution is 2.22. The van der Waals surface area contributed by atoms with Crippen molar-refractivity contribution in [3.63, 3.8) is 0 Å². The number of benzene rings is 1. The summed E-state index contributed by atoms with van der Waals surface area (Å²) in [4.78, 5) is 26.1. The second kappa shape index (κ2) is 7.25. The molecule has 5 nitrogen and oxygen atoms in total. The summed E-state index contributed by atoms with van der Waals surface area (Å²) >= 11 is 0. The molecule has 0 aliphatic carbocycles. The number of aryl methyl sites for hydroxylation is 1. The lowest BCUT2D eigenvalue weighted by atomic mass is 9.99. The highest BCUT2D eigenvalue weighted by Gasteiger charge is 2.21. The lowest BCUT2D eigenvalue weighted by Gasteiger charge is -2.26. The maximum absolute atomic E-state index is 12.6. The third-order valence-corrected chi connectivity index (χ3v) is 4.16. The van der Waals surface area contributed by atoms with Crippen molar-refractivity contribution >= 4 is 11.5 Å². The van der Waals surface area contributed by atoms with Crippen molar-refractivity contribution in [2.24, 2.45) is 0 Å². The molecule has 5 heteroatoms. The Kier molecular flexibility index (Phi) is 4.89. The van der Waals surface area contributed by atoms with Gasteiger partial charge in [0.15, 0.2) is 0 Å². The highest BCUT2D eigenvalue weighted by atomic mass is 16.2. The van der Waals surface area contributed by atoms with Crippen LogP contribution in [0.1, 0.15) is 35.8 Å². The number of rotatable bonds is 4. The molecule has 1 aliphatic rings. The quantitative estimate of drug-likeness (QED) is 0.869. The molecule has 1 aliphatic heterocycles. The van der Waals surface area contributed by atoms with Gasteiger partial charge in [-0.3, -0.25) is 9.59 Å². The van der Waals surface area contributed by atoms with E-state index in [2.05, 4.69) is 23.3 Å². The standard InChI is InChI=1S/C19H21N3O2/c1-2-12-22-18(23)9-8-17(20-22)19(24)21-13-10-16(11-14-21)15-6-4-3-5-7-15/h3-10H,2,11-14H2,1H3. The Morgan fingerprint density at radius 3 is 2.62 bits per heavy atom. The molecule has 1 amide bonds. The van der Waals surface area contributed by atoms with E-state index in [4.69, 9.17) is 0 Å². The number of hydrogen-bond donors (Lipinski definition) is 0. The SMILES string of the molecule is CCCn1nc(C(=O)N2CC=C(c3ccccc3)CC2)ccc1=O. The zero-order valence-corrected chi connectivity index (χ0v) is 13.8. The Morgan fingerprint density at radius 1 is 1.17 bits per heavy atom. The Labute approximate surface area is 141 Å². The van der Waals surface area contributed by atoms with Gasteiger partial charge in [0.1, 0.15) is 5.69 Å². The molecule has 0 unspecified atom stereocenters. The second-order valence-corrected chi connectivity index (χ2v) is 5.88. The molecule has 0 N–H and O–H groups in total. The fraction of sp³-hybridized carbons (Fsp3) is 0.316. The first-order valence-corrected chi connectivity index (χ1v) is 8.31. The molecular weight excluding hydrogens is 302 g/mol. The van der Waals surface area contributed by atoms with Crippen LogP contribution in [0.5, 0.6) is 0 Å². The fourth-order valence-electron chi connectivity index (χ4n) is 2.86. The smallest absolute Gasteiger partial charge is 0.274 e. The van der Waals surface area contributed by atoms with E-state index >= 15 is 0 Å². The maximum Gasteiger partial charge on any atom is 0.274 e. The summed E-state index contributed by atoms with van der Waals surface area (Å²) in [6.45, 7) is 3.73. The van der Waals surface area contributed by atoms with Gasteiger partial charge >= 0.3 is 0 Å². The number of nitrogens with zero attached hydrogens (tertiary/aromatic N) is 3. The Balaban J connectivity index is 1.74. The van der Waals surface area contributed by atoms with Crippen molar-refractivity contribution in [3.8, 4) is 0 Å². The average Bonchev–Trinajstić information content (AvgIpc) is 2.64. The molecule has 0 saturated carbocycles. The molecule has 0 atom stereocenters. The third-order valence-electron chi connectivity index (χ3n) is 4.16. The van der Waals surface area contributed by atoms with Gasteiger partial charge in [-0.1, -0.05) is 43.3 Å². The summed E-state index contributed by atoms with van der Waals surface area (Å²) in [6.07, 6.45) is 3.72. The van der Waals surface area contributed by atoms with Crippen LogP contribution >= 0.6 is 0 Å². The van der Waals surface area contributed by atoms with Gasteiger partial charge in [0.25, 0.3) is 11.5 Å². The van der Waals surface area contributed by atoms with Crippen LogP contribution in [0.2, 0.25) is 0 Å². The van der Waals surface area contributed by atoms with Crippen molar-refractivity contribution in [1.82, 2.24) is 14.7 Å². The van der Waals surface area contributed by atoms with Gasteiger partial charge in [0.05, 0.1) is 0 Å². The Hall–Kier alpha value is -2.69. The van der Waals surface area contributed by atoms with Crippen molar-refractivity contribution in [2.45, 2.75) is 26.3 Å². The fourth-order valence-corrected chi connectivity index (χ4v) is 2.86. The number of amides is 1. The zero-order valence-electron chi connectivity index (χ0n) is 13.8. The average molecular weight is 323 g/mol. The monoisotopic (exact) mass is 323 g/mol. The van der Waals surface area contributed by atoms with Crippen molar-refractivity contribution < 1.29 is 4.79 Å². The van der Waals surface area contributed by atoms with E-state index in [0.717, 1.165) is 12.8 Å². The number of aromatic nitrogens is 2. The summed E-state index contributed by atoms with van der Waals surface area (Å²) < 4.78 is 1.36. The topological polar surface area (TPSA) is 55.2 Å². The Morgan fingerprint density at radius 2 is 1.96 bits per heavy atom. The molecule has 0 radical (unpaired) electrons. The first-order valence-electron chi connectivity index (χ1n) is 8.31. The minimum atomic E-state index is -0.168. The molecule has 0 bridgehead atoms. The van der Waals surface area contributed by atoms with Crippen molar-refractivity contribution in [3.05, 3.63) is 70.2 Å². The van der Waals surface area contributed by atoms with E-state index in [1.165, 1.54) is 28.0 Å². The predicted molar refractivity (Wildman–Crippen MR) is 93.7 cm³/mol. The van der Waals surface area contributed by atoms with Crippen LogP contribution in [-0.4, -0.2) is 33.7 Å². The van der Waals surface area contributed by atoms with Gasteiger partial charge in [0.2, 0.25) is 0 Å². The molecule has 1 aromatic carbocycles. The predicted octanol–water partition coefficient (Wildman–Crippen LogP) is 2.58. The van der Waals surface area contributed by atoms with Gasteiger partial charge in [-0.2, -0.15) is 5.10 Å². The van der Waals surface area contributed by atoms with E-state index in [1.54, 1.807) is 4.90 Å². The highest BCUT2D eigenvalue weighted by molar-refractivity contribution is 5.92. The molecule has 0 spiro atoms. The zero-order chi connectivity index (χ0) is 16.9. The number of carbonyl (C=O) groups excluding carboxylic acids is 1. The first-order chi connectivity index (χ1) is 11.7. The van der Waals surface area contributed by atoms with E-state index < -0.39 is 0 Å². The maximum atomic E-state index is 12.6. The summed E-state index contributed by atoms with van der Waals surface area (Å²) in [5.74, 6) is -0.122. The second-order valence-electron chi connectivity index (χ2n) is 5.88. The van der Waals surface area contributed by atoms with Crippen molar-refractivity contribution in [1.29, 1.82) is 0 Å². The molecule has 2 aromatic rings. The molecule has 2 heterocycles. The van der Waals surface area contributed by atoms with Crippen LogP contribution in [0.15, 0.2) is 53.3 Å². The minimum absolute atomic E-state index is 0.122. The largest absolute Gasteiger partial charge is 0.333 e. The van der Waals surface area contributed by atoms with Gasteiger partial charge in [-0.15, -0.1) is 0 Å². The van der Waals surface area contributed by atoms with E-state index in [9.17, 15) is 9.59 Å². The van der Waals surface area contributed by atoms with E-state index in [1.807, 2.05) is 25.1 Å². The van der Waals surface area contributed by atoms with Gasteiger partial charge in [-0.25, -0.2) is 4.68 Å². The van der Waals surface area contributed by atoms with Gasteiger partial charge in [0, 0.05) is 25.7 Å². The van der Waals surface area contributed by atoms with Gasteiger partial charge in [-0.05, 0) is 30.0 Å². The molecule has 124 valence electrons. The lowest BCUT2D eigenvalue weighted by molar-refractivity contribution is 0.0764. The normalized spacial score (nSPS) is 14.4. The summed E-state index contributed by atoms with van der Waals surface area (Å²) in [6, 6.07) is 13.2. The summed E-state index contributed by atoms with van der Waals surface area (Å²) in [5, 5.41) is 4.21. The molecular formula is C19H21N3O2. The van der Waals surface area contributed by atoms with E-state index in [-0.39, 0.29) is 11.5 Å². The number of hydrogen-bond acceptors (Lipinski definition) is 3. The minimum Gasteiger partial charge on any atom is -0.333 e. The van der Waals surface area contributed by atoms with Crippen LogP contribution in [0.3, 0.4) is 0 Å². The molecule has 1 aromatic heterocycles. The molecule has 0 saturated heterocycles. The van der Waals surface area contributed by atoms with Crippen molar-refractivity contribution in [2.75, 3.05) is 13.1 Å². The third kappa shape index (κ3) is 3.45. The summed E-state index contributed by atoms with van der Waals surface area (Å²) in [5.41, 5.74) is 2.64. The van der Waals surface area contributed by atoms with Crippen LogP contribution in [0, 0.1) is 0 Å². The molecule has 0 fully saturated rings. The molecule has 3 rings (SSSR count). The van der Waals surface area contributed by atoms with Gasteiger partial charge < -0.3 is 4.90 Å². The van der Waals surface area contributed by atoms with Crippen LogP contribution in [-0.2, 0) is 6.54 Å². The van der Waals surface area contributed by atoms with Crippen LogP contribution < -0.4 is 5.56 Å². The van der Waals surface area contributed by atoms with Crippen LogP contribution in [0.25, 0.3) is 5.57 Å². The number of carbonyl (C=O) groups is 1. The lowest BCUT2D eigenvalue weighted by Crippen LogP contribution is -2.36. The summed E-state index contributed by atoms with van der Waals surface area (Å²) in [7, 11) is 0. The van der Waals surface area contributed by atoms with Crippen LogP contribution in [0.4, 0.5) is 0 Å². The first kappa shape index (κ1) is 16.2.